The highest BCUT2D eigenvalue weighted by atomic mass is 35.5. The van der Waals surface area contributed by atoms with Crippen molar-refractivity contribution >= 4 is 11.6 Å². The Bertz CT molecular complexity index is 252. The maximum atomic E-state index is 8.80. The topological polar surface area (TPSA) is 42.4 Å². The van der Waals surface area contributed by atoms with Crippen LogP contribution >= 0.6 is 11.6 Å². The maximum Gasteiger partial charge on any atom is 0.146 e. The quantitative estimate of drug-likeness (QED) is 0.732. The lowest BCUT2D eigenvalue weighted by Crippen LogP contribution is -1.93. The molecule has 0 saturated carbocycles. The van der Waals surface area contributed by atoms with E-state index in [1.165, 1.54) is 19.5 Å². The molecule has 0 aliphatic rings. The molecule has 1 aromatic heterocycles. The molecule has 4 heteroatoms. The molecular formula is C7H8ClNO2. The number of halogens is 1. The van der Waals surface area contributed by atoms with E-state index in [2.05, 4.69) is 4.98 Å². The van der Waals surface area contributed by atoms with Crippen LogP contribution in [0, 0.1) is 0 Å². The molecule has 0 aromatic carbocycles. The van der Waals surface area contributed by atoms with Gasteiger partial charge in [-0.15, -0.1) is 0 Å². The molecule has 0 saturated heterocycles. The minimum absolute atomic E-state index is 0.114. The minimum atomic E-state index is -0.114. The molecule has 0 spiro atoms. The van der Waals surface area contributed by atoms with Gasteiger partial charge in [0.05, 0.1) is 13.7 Å². The van der Waals surface area contributed by atoms with Gasteiger partial charge in [0.15, 0.2) is 0 Å². The van der Waals surface area contributed by atoms with Gasteiger partial charge in [0, 0.05) is 18.0 Å². The van der Waals surface area contributed by atoms with Crippen LogP contribution in [0.15, 0.2) is 12.4 Å². The average molecular weight is 174 g/mol. The lowest BCUT2D eigenvalue weighted by atomic mass is 10.3. The van der Waals surface area contributed by atoms with Crippen molar-refractivity contribution in [2.24, 2.45) is 0 Å². The van der Waals surface area contributed by atoms with Crippen molar-refractivity contribution in [1.29, 1.82) is 0 Å². The number of ether oxygens (including phenoxy) is 1. The Hall–Kier alpha value is -0.800. The summed E-state index contributed by atoms with van der Waals surface area (Å²) in [7, 11) is 1.50. The van der Waals surface area contributed by atoms with Crippen molar-refractivity contribution in [1.82, 2.24) is 4.98 Å². The lowest BCUT2D eigenvalue weighted by molar-refractivity contribution is 0.273. The molecular weight excluding hydrogens is 166 g/mol. The van der Waals surface area contributed by atoms with Gasteiger partial charge >= 0.3 is 0 Å². The summed E-state index contributed by atoms with van der Waals surface area (Å²) in [5, 5.41) is 9.21. The van der Waals surface area contributed by atoms with Gasteiger partial charge in [-0.05, 0) is 0 Å². The third-order valence-electron chi connectivity index (χ3n) is 1.30. The Kier molecular flexibility index (Phi) is 2.68. The first kappa shape index (κ1) is 8.30. The molecule has 0 unspecified atom stereocenters. The highest BCUT2D eigenvalue weighted by molar-refractivity contribution is 6.32. The fourth-order valence-corrected chi connectivity index (χ4v) is 1.06. The summed E-state index contributed by atoms with van der Waals surface area (Å²) < 4.78 is 4.94. The van der Waals surface area contributed by atoms with Crippen molar-refractivity contribution < 1.29 is 9.84 Å². The molecule has 0 fully saturated rings. The average Bonchev–Trinajstić information content (AvgIpc) is 2.04. The van der Waals surface area contributed by atoms with Crippen molar-refractivity contribution in [3.8, 4) is 5.75 Å². The van der Waals surface area contributed by atoms with Gasteiger partial charge in [-0.2, -0.15) is 0 Å². The van der Waals surface area contributed by atoms with Crippen LogP contribution in [-0.2, 0) is 6.61 Å². The summed E-state index contributed by atoms with van der Waals surface area (Å²) in [4.78, 5) is 3.79. The minimum Gasteiger partial charge on any atom is -0.495 e. The van der Waals surface area contributed by atoms with Crippen molar-refractivity contribution in [2.45, 2.75) is 6.61 Å². The van der Waals surface area contributed by atoms with Crippen LogP contribution in [0.2, 0.25) is 5.02 Å². The fourth-order valence-electron chi connectivity index (χ4n) is 0.805. The first-order valence-corrected chi connectivity index (χ1v) is 3.44. The first-order chi connectivity index (χ1) is 5.29. The van der Waals surface area contributed by atoms with Gasteiger partial charge in [0.1, 0.15) is 10.8 Å². The van der Waals surface area contributed by atoms with Gasteiger partial charge in [-0.25, -0.2) is 0 Å². The largest absolute Gasteiger partial charge is 0.495 e. The zero-order valence-corrected chi connectivity index (χ0v) is 6.80. The summed E-state index contributed by atoms with van der Waals surface area (Å²) in [5.41, 5.74) is 0.597. The fraction of sp³-hybridized carbons (Fsp3) is 0.286. The Balaban J connectivity index is 3.13. The van der Waals surface area contributed by atoms with Gasteiger partial charge in [-0.1, -0.05) is 11.6 Å². The molecule has 0 radical (unpaired) electrons. The third-order valence-corrected chi connectivity index (χ3v) is 1.57. The standard InChI is InChI=1S/C7H8ClNO2/c1-11-7-5(4-10)2-9-3-6(7)8/h2-3,10H,4H2,1H3. The van der Waals surface area contributed by atoms with Gasteiger partial charge in [0.25, 0.3) is 0 Å². The number of hydrogen-bond acceptors (Lipinski definition) is 3. The molecule has 3 nitrogen and oxygen atoms in total. The van der Waals surface area contributed by atoms with E-state index in [0.717, 1.165) is 0 Å². The maximum absolute atomic E-state index is 8.80. The van der Waals surface area contributed by atoms with E-state index >= 15 is 0 Å². The van der Waals surface area contributed by atoms with Crippen LogP contribution in [-0.4, -0.2) is 17.2 Å². The molecule has 1 rings (SSSR count). The number of rotatable bonds is 2. The molecule has 0 atom stereocenters. The summed E-state index contributed by atoms with van der Waals surface area (Å²) in [6.45, 7) is -0.114. The number of methoxy groups -OCH3 is 1. The molecule has 0 amide bonds. The zero-order chi connectivity index (χ0) is 8.27. The van der Waals surface area contributed by atoms with Crippen LogP contribution in [0.25, 0.3) is 0 Å². The SMILES string of the molecule is COc1c(Cl)cncc1CO. The van der Waals surface area contributed by atoms with Crippen molar-refractivity contribution in [3.05, 3.63) is 23.0 Å². The molecule has 60 valence electrons. The van der Waals surface area contributed by atoms with Crippen LogP contribution in [0.5, 0.6) is 5.75 Å². The molecule has 0 aliphatic carbocycles. The summed E-state index contributed by atoms with van der Waals surface area (Å²) >= 11 is 5.71. The second-order valence-corrected chi connectivity index (χ2v) is 2.38. The summed E-state index contributed by atoms with van der Waals surface area (Å²) in [5.74, 6) is 0.490. The Morgan fingerprint density at radius 2 is 2.36 bits per heavy atom. The van der Waals surface area contributed by atoms with E-state index in [4.69, 9.17) is 21.4 Å². The second-order valence-electron chi connectivity index (χ2n) is 1.97. The normalized spacial score (nSPS) is 9.73. The molecule has 0 bridgehead atoms. The van der Waals surface area contributed by atoms with E-state index in [1.807, 2.05) is 0 Å². The molecule has 1 N–H and O–H groups in total. The number of aliphatic hydroxyl groups is 1. The summed E-state index contributed by atoms with van der Waals surface area (Å²) in [6.07, 6.45) is 2.99. The van der Waals surface area contributed by atoms with E-state index < -0.39 is 0 Å². The highest BCUT2D eigenvalue weighted by Crippen LogP contribution is 2.26. The molecule has 11 heavy (non-hydrogen) atoms. The van der Waals surface area contributed by atoms with Crippen LogP contribution < -0.4 is 4.74 Å². The Morgan fingerprint density at radius 3 is 2.82 bits per heavy atom. The third kappa shape index (κ3) is 1.61. The monoisotopic (exact) mass is 173 g/mol. The summed E-state index contributed by atoms with van der Waals surface area (Å²) in [6, 6.07) is 0. The second kappa shape index (κ2) is 3.55. The smallest absolute Gasteiger partial charge is 0.146 e. The van der Waals surface area contributed by atoms with E-state index in [1.54, 1.807) is 0 Å². The number of pyridine rings is 1. The number of nitrogens with zero attached hydrogens (tertiary/aromatic N) is 1. The van der Waals surface area contributed by atoms with E-state index in [9.17, 15) is 0 Å². The Morgan fingerprint density at radius 1 is 1.64 bits per heavy atom. The van der Waals surface area contributed by atoms with Crippen LogP contribution in [0.4, 0.5) is 0 Å². The number of aliphatic hydroxyl groups excluding tert-OH is 1. The molecule has 1 aromatic rings. The van der Waals surface area contributed by atoms with Gasteiger partial charge in [0.2, 0.25) is 0 Å². The number of aromatic nitrogens is 1. The lowest BCUT2D eigenvalue weighted by Gasteiger charge is -2.05. The molecule has 1 heterocycles. The van der Waals surface area contributed by atoms with E-state index in [0.29, 0.717) is 16.3 Å². The van der Waals surface area contributed by atoms with Crippen LogP contribution in [0.3, 0.4) is 0 Å². The Labute approximate surface area is 69.6 Å². The van der Waals surface area contributed by atoms with Crippen LogP contribution in [0.1, 0.15) is 5.56 Å². The zero-order valence-electron chi connectivity index (χ0n) is 6.04. The van der Waals surface area contributed by atoms with Gasteiger partial charge < -0.3 is 9.84 Å². The van der Waals surface area contributed by atoms with E-state index in [-0.39, 0.29) is 6.61 Å². The predicted molar refractivity (Wildman–Crippen MR) is 41.7 cm³/mol. The predicted octanol–water partition coefficient (Wildman–Crippen LogP) is 1.24. The van der Waals surface area contributed by atoms with Gasteiger partial charge in [-0.3, -0.25) is 4.98 Å². The van der Waals surface area contributed by atoms with Crippen molar-refractivity contribution in [3.63, 3.8) is 0 Å². The number of hydrogen-bond donors (Lipinski definition) is 1. The molecule has 0 aliphatic heterocycles. The van der Waals surface area contributed by atoms with Crippen molar-refractivity contribution in [2.75, 3.05) is 7.11 Å². The first-order valence-electron chi connectivity index (χ1n) is 3.06. The highest BCUT2D eigenvalue weighted by Gasteiger charge is 2.05.